The highest BCUT2D eigenvalue weighted by atomic mass is 35.5. The van der Waals surface area contributed by atoms with Crippen LogP contribution >= 0.6 is 11.6 Å². The number of piperazine rings is 1. The van der Waals surface area contributed by atoms with Crippen molar-refractivity contribution in [2.75, 3.05) is 37.7 Å². The van der Waals surface area contributed by atoms with Gasteiger partial charge in [0, 0.05) is 36.9 Å². The van der Waals surface area contributed by atoms with E-state index in [1.807, 2.05) is 43.3 Å². The van der Waals surface area contributed by atoms with Gasteiger partial charge < -0.3 is 14.5 Å². The van der Waals surface area contributed by atoms with Gasteiger partial charge in [0.15, 0.2) is 6.61 Å². The Bertz CT molecular complexity index is 801. The predicted octanol–water partition coefficient (Wildman–Crippen LogP) is 3.15. The number of benzene rings is 2. The van der Waals surface area contributed by atoms with Crippen LogP contribution in [0, 0.1) is 6.92 Å². The first-order chi connectivity index (χ1) is 12.5. The molecule has 0 N–H and O–H groups in total. The highest BCUT2D eigenvalue weighted by molar-refractivity contribution is 6.30. The van der Waals surface area contributed by atoms with Crippen molar-refractivity contribution in [3.63, 3.8) is 0 Å². The van der Waals surface area contributed by atoms with E-state index in [1.165, 1.54) is 0 Å². The van der Waals surface area contributed by atoms with Gasteiger partial charge in [-0.15, -0.1) is 0 Å². The van der Waals surface area contributed by atoms with Crippen molar-refractivity contribution >= 4 is 29.2 Å². The summed E-state index contributed by atoms with van der Waals surface area (Å²) in [7, 11) is 0. The summed E-state index contributed by atoms with van der Waals surface area (Å²) in [6, 6.07) is 14.9. The van der Waals surface area contributed by atoms with Crippen molar-refractivity contribution in [1.82, 2.24) is 4.90 Å². The molecular formula is C20H21ClN2O3. The van der Waals surface area contributed by atoms with Gasteiger partial charge in [-0.05, 0) is 36.8 Å². The molecule has 0 radical (unpaired) electrons. The van der Waals surface area contributed by atoms with E-state index >= 15 is 0 Å². The van der Waals surface area contributed by atoms with Gasteiger partial charge in [0.1, 0.15) is 0 Å². The van der Waals surface area contributed by atoms with Crippen molar-refractivity contribution in [2.45, 2.75) is 6.92 Å². The number of esters is 1. The van der Waals surface area contributed by atoms with Gasteiger partial charge in [0.25, 0.3) is 5.91 Å². The van der Waals surface area contributed by atoms with Gasteiger partial charge in [-0.25, -0.2) is 4.79 Å². The van der Waals surface area contributed by atoms with Crippen LogP contribution in [-0.4, -0.2) is 49.6 Å². The van der Waals surface area contributed by atoms with Gasteiger partial charge in [-0.2, -0.15) is 0 Å². The minimum Gasteiger partial charge on any atom is -0.452 e. The minimum atomic E-state index is -0.464. The molecule has 0 saturated carbocycles. The number of rotatable bonds is 4. The molecule has 2 aromatic rings. The van der Waals surface area contributed by atoms with Crippen LogP contribution in [0.2, 0.25) is 5.02 Å². The second kappa shape index (κ2) is 8.23. The molecule has 0 spiro atoms. The summed E-state index contributed by atoms with van der Waals surface area (Å²) in [6.07, 6.45) is 0. The van der Waals surface area contributed by atoms with Crippen molar-refractivity contribution < 1.29 is 14.3 Å². The van der Waals surface area contributed by atoms with Crippen LogP contribution in [0.5, 0.6) is 0 Å². The number of hydrogen-bond donors (Lipinski definition) is 0. The first-order valence-electron chi connectivity index (χ1n) is 8.55. The van der Waals surface area contributed by atoms with Gasteiger partial charge in [0.2, 0.25) is 0 Å². The number of aryl methyl sites for hydroxylation is 1. The maximum Gasteiger partial charge on any atom is 0.338 e. The summed E-state index contributed by atoms with van der Waals surface area (Å²) in [5, 5.41) is 0.698. The topological polar surface area (TPSA) is 49.9 Å². The largest absolute Gasteiger partial charge is 0.452 e. The first-order valence-corrected chi connectivity index (χ1v) is 8.93. The molecule has 0 atom stereocenters. The van der Waals surface area contributed by atoms with E-state index < -0.39 is 5.97 Å². The highest BCUT2D eigenvalue weighted by Gasteiger charge is 2.22. The quantitative estimate of drug-likeness (QED) is 0.773. The molecule has 26 heavy (non-hydrogen) atoms. The lowest BCUT2D eigenvalue weighted by atomic mass is 10.1. The third-order valence-corrected chi connectivity index (χ3v) is 4.73. The second-order valence-electron chi connectivity index (χ2n) is 6.24. The highest BCUT2D eigenvalue weighted by Crippen LogP contribution is 2.20. The SMILES string of the molecule is Cc1ccccc1C(=O)OCC(=O)N1CCN(c2cccc(Cl)c2)CC1. The Morgan fingerprint density at radius 3 is 2.46 bits per heavy atom. The summed E-state index contributed by atoms with van der Waals surface area (Å²) in [5.74, 6) is -0.633. The lowest BCUT2D eigenvalue weighted by molar-refractivity contribution is -0.134. The van der Waals surface area contributed by atoms with Crippen LogP contribution < -0.4 is 4.90 Å². The maximum absolute atomic E-state index is 12.3. The number of nitrogens with zero attached hydrogens (tertiary/aromatic N) is 2. The molecule has 5 nitrogen and oxygen atoms in total. The molecule has 136 valence electrons. The molecule has 0 aliphatic carbocycles. The summed E-state index contributed by atoms with van der Waals surface area (Å²) in [6.45, 7) is 4.23. The monoisotopic (exact) mass is 372 g/mol. The molecule has 1 amide bonds. The number of anilines is 1. The normalized spacial score (nSPS) is 14.2. The van der Waals surface area contributed by atoms with Crippen molar-refractivity contribution in [1.29, 1.82) is 0 Å². The van der Waals surface area contributed by atoms with E-state index in [0.717, 1.165) is 24.3 Å². The van der Waals surface area contributed by atoms with Gasteiger partial charge >= 0.3 is 5.97 Å². The number of carbonyl (C=O) groups excluding carboxylic acids is 2. The van der Waals surface area contributed by atoms with Crippen molar-refractivity contribution in [3.8, 4) is 0 Å². The Morgan fingerprint density at radius 2 is 1.77 bits per heavy atom. The molecule has 1 heterocycles. The van der Waals surface area contributed by atoms with E-state index in [1.54, 1.807) is 17.0 Å². The first kappa shape index (κ1) is 18.3. The molecule has 1 aliphatic rings. The number of ether oxygens (including phenoxy) is 1. The van der Waals surface area contributed by atoms with E-state index in [4.69, 9.17) is 16.3 Å². The Morgan fingerprint density at radius 1 is 1.04 bits per heavy atom. The molecule has 0 aromatic heterocycles. The van der Waals surface area contributed by atoms with E-state index in [0.29, 0.717) is 23.7 Å². The van der Waals surface area contributed by atoms with Crippen LogP contribution in [0.3, 0.4) is 0 Å². The third kappa shape index (κ3) is 4.35. The van der Waals surface area contributed by atoms with Gasteiger partial charge in [0.05, 0.1) is 5.56 Å². The fourth-order valence-corrected chi connectivity index (χ4v) is 3.17. The van der Waals surface area contributed by atoms with Crippen LogP contribution in [-0.2, 0) is 9.53 Å². The van der Waals surface area contributed by atoms with Crippen LogP contribution in [0.15, 0.2) is 48.5 Å². The van der Waals surface area contributed by atoms with Crippen LogP contribution in [0.1, 0.15) is 15.9 Å². The zero-order valence-electron chi connectivity index (χ0n) is 14.7. The lowest BCUT2D eigenvalue weighted by Gasteiger charge is -2.36. The Kier molecular flexibility index (Phi) is 5.78. The molecule has 3 rings (SSSR count). The minimum absolute atomic E-state index is 0.169. The summed E-state index contributed by atoms with van der Waals surface area (Å²) in [5.41, 5.74) is 2.38. The lowest BCUT2D eigenvalue weighted by Crippen LogP contribution is -2.49. The Balaban J connectivity index is 1.49. The van der Waals surface area contributed by atoms with Gasteiger partial charge in [-0.1, -0.05) is 35.9 Å². The molecule has 0 bridgehead atoms. The summed E-state index contributed by atoms with van der Waals surface area (Å²) < 4.78 is 5.19. The summed E-state index contributed by atoms with van der Waals surface area (Å²) >= 11 is 6.04. The number of carbonyl (C=O) groups is 2. The third-order valence-electron chi connectivity index (χ3n) is 4.50. The Labute approximate surface area is 158 Å². The van der Waals surface area contributed by atoms with Gasteiger partial charge in [-0.3, -0.25) is 4.79 Å². The predicted molar refractivity (Wildman–Crippen MR) is 102 cm³/mol. The van der Waals surface area contributed by atoms with Crippen LogP contribution in [0.25, 0.3) is 0 Å². The fourth-order valence-electron chi connectivity index (χ4n) is 2.99. The maximum atomic E-state index is 12.3. The smallest absolute Gasteiger partial charge is 0.338 e. The second-order valence-corrected chi connectivity index (χ2v) is 6.68. The molecule has 1 saturated heterocycles. The fraction of sp³-hybridized carbons (Fsp3) is 0.300. The van der Waals surface area contributed by atoms with Crippen molar-refractivity contribution in [2.24, 2.45) is 0 Å². The molecular weight excluding hydrogens is 352 g/mol. The molecule has 2 aromatic carbocycles. The average Bonchev–Trinajstić information content (AvgIpc) is 2.66. The number of amides is 1. The molecule has 0 unspecified atom stereocenters. The summed E-state index contributed by atoms with van der Waals surface area (Å²) in [4.78, 5) is 28.4. The average molecular weight is 373 g/mol. The standard InChI is InChI=1S/C20H21ClN2O3/c1-15-5-2-3-8-18(15)20(25)26-14-19(24)23-11-9-22(10-12-23)17-7-4-6-16(21)13-17/h2-8,13H,9-12,14H2,1H3. The van der Waals surface area contributed by atoms with E-state index in [9.17, 15) is 9.59 Å². The molecule has 1 aliphatic heterocycles. The molecule has 1 fully saturated rings. The number of hydrogen-bond acceptors (Lipinski definition) is 4. The zero-order valence-corrected chi connectivity index (χ0v) is 15.4. The van der Waals surface area contributed by atoms with Crippen LogP contribution in [0.4, 0.5) is 5.69 Å². The van der Waals surface area contributed by atoms with Crippen molar-refractivity contribution in [3.05, 3.63) is 64.7 Å². The number of halogens is 1. The Hall–Kier alpha value is -2.53. The zero-order chi connectivity index (χ0) is 18.5. The van der Waals surface area contributed by atoms with E-state index in [-0.39, 0.29) is 12.5 Å². The van der Waals surface area contributed by atoms with E-state index in [2.05, 4.69) is 4.90 Å². The molecule has 6 heteroatoms.